The summed E-state index contributed by atoms with van der Waals surface area (Å²) in [6, 6.07) is 0. The van der Waals surface area contributed by atoms with E-state index in [0.29, 0.717) is 23.4 Å². The van der Waals surface area contributed by atoms with Crippen LogP contribution in [0, 0.1) is 5.92 Å². The molecule has 0 spiro atoms. The van der Waals surface area contributed by atoms with Crippen LogP contribution in [0.2, 0.25) is 0 Å². The molecule has 0 aliphatic carbocycles. The largest absolute Gasteiger partial charge is 0.338 e. The van der Waals surface area contributed by atoms with Crippen molar-refractivity contribution in [3.8, 4) is 0 Å². The first kappa shape index (κ1) is 13.0. The minimum Gasteiger partial charge on any atom is -0.338 e. The average molecular weight is 272 g/mol. The Morgan fingerprint density at radius 2 is 2.41 bits per heavy atom. The molecular weight excluding hydrogens is 256 g/mol. The van der Waals surface area contributed by atoms with Gasteiger partial charge in [-0.2, -0.15) is 28.5 Å². The summed E-state index contributed by atoms with van der Waals surface area (Å²) in [5, 5.41) is 3.92. The van der Waals surface area contributed by atoms with Crippen molar-refractivity contribution in [2.24, 2.45) is 5.92 Å². The van der Waals surface area contributed by atoms with Gasteiger partial charge >= 0.3 is 0 Å². The van der Waals surface area contributed by atoms with Crippen molar-refractivity contribution in [3.05, 3.63) is 11.7 Å². The van der Waals surface area contributed by atoms with Gasteiger partial charge in [0.2, 0.25) is 5.89 Å². The SMILES string of the molecule is CC(C)CSCc1noc(C2CSCC2=O)n1. The van der Waals surface area contributed by atoms with E-state index in [2.05, 4.69) is 24.0 Å². The maximum atomic E-state index is 11.5. The Hall–Kier alpha value is -0.490. The highest BCUT2D eigenvalue weighted by molar-refractivity contribution is 8.00. The van der Waals surface area contributed by atoms with Crippen LogP contribution in [0.4, 0.5) is 0 Å². The Kier molecular flexibility index (Phi) is 4.50. The number of ketones is 1. The number of hydrogen-bond acceptors (Lipinski definition) is 6. The van der Waals surface area contributed by atoms with Crippen molar-refractivity contribution in [1.82, 2.24) is 10.1 Å². The van der Waals surface area contributed by atoms with Crippen molar-refractivity contribution in [2.45, 2.75) is 25.5 Å². The van der Waals surface area contributed by atoms with E-state index in [0.717, 1.165) is 17.3 Å². The van der Waals surface area contributed by atoms with Gasteiger partial charge in [-0.05, 0) is 11.7 Å². The normalized spacial score (nSPS) is 20.4. The Morgan fingerprint density at radius 3 is 3.06 bits per heavy atom. The lowest BCUT2D eigenvalue weighted by Gasteiger charge is -2.00. The molecule has 0 amide bonds. The van der Waals surface area contributed by atoms with Crippen molar-refractivity contribution >= 4 is 29.3 Å². The minimum absolute atomic E-state index is 0.170. The van der Waals surface area contributed by atoms with Crippen LogP contribution in [-0.2, 0) is 10.5 Å². The smallest absolute Gasteiger partial charge is 0.238 e. The first-order valence-corrected chi connectivity index (χ1v) is 7.98. The number of Topliss-reactive ketones (excluding diaryl/α,β-unsaturated/α-hetero) is 1. The minimum atomic E-state index is -0.170. The third kappa shape index (κ3) is 3.48. The molecule has 1 aromatic heterocycles. The molecule has 0 aromatic carbocycles. The van der Waals surface area contributed by atoms with Gasteiger partial charge in [-0.1, -0.05) is 19.0 Å². The lowest BCUT2D eigenvalue weighted by Crippen LogP contribution is -2.09. The molecule has 1 aliphatic rings. The average Bonchev–Trinajstić information content (AvgIpc) is 2.86. The van der Waals surface area contributed by atoms with E-state index in [1.165, 1.54) is 0 Å². The summed E-state index contributed by atoms with van der Waals surface area (Å²) in [5.74, 6) is 5.10. The summed E-state index contributed by atoms with van der Waals surface area (Å²) >= 11 is 3.43. The molecule has 1 unspecified atom stereocenters. The lowest BCUT2D eigenvalue weighted by molar-refractivity contribution is -0.117. The predicted octanol–water partition coefficient (Wildman–Crippen LogP) is 2.36. The zero-order valence-electron chi connectivity index (χ0n) is 10.0. The van der Waals surface area contributed by atoms with Crippen molar-refractivity contribution in [1.29, 1.82) is 0 Å². The van der Waals surface area contributed by atoms with Gasteiger partial charge in [-0.15, -0.1) is 0 Å². The van der Waals surface area contributed by atoms with Gasteiger partial charge in [0.15, 0.2) is 11.6 Å². The highest BCUT2D eigenvalue weighted by Gasteiger charge is 2.31. The van der Waals surface area contributed by atoms with Gasteiger partial charge in [0.1, 0.15) is 5.92 Å². The fourth-order valence-electron chi connectivity index (χ4n) is 1.53. The zero-order chi connectivity index (χ0) is 12.3. The molecule has 1 fully saturated rings. The highest BCUT2D eigenvalue weighted by atomic mass is 32.2. The van der Waals surface area contributed by atoms with Crippen LogP contribution in [0.5, 0.6) is 0 Å². The van der Waals surface area contributed by atoms with E-state index >= 15 is 0 Å². The summed E-state index contributed by atoms with van der Waals surface area (Å²) in [6.45, 7) is 4.37. The molecule has 6 heteroatoms. The van der Waals surface area contributed by atoms with E-state index in [1.54, 1.807) is 23.5 Å². The van der Waals surface area contributed by atoms with Gasteiger partial charge < -0.3 is 4.52 Å². The molecule has 0 bridgehead atoms. The van der Waals surface area contributed by atoms with Crippen LogP contribution in [0.15, 0.2) is 4.52 Å². The molecule has 1 aromatic rings. The summed E-state index contributed by atoms with van der Waals surface area (Å²) in [7, 11) is 0. The van der Waals surface area contributed by atoms with Crippen LogP contribution < -0.4 is 0 Å². The molecule has 94 valence electrons. The third-order valence-electron chi connectivity index (χ3n) is 2.38. The fraction of sp³-hybridized carbons (Fsp3) is 0.727. The quantitative estimate of drug-likeness (QED) is 0.820. The number of nitrogens with zero attached hydrogens (tertiary/aromatic N) is 2. The van der Waals surface area contributed by atoms with Crippen LogP contribution in [0.25, 0.3) is 0 Å². The van der Waals surface area contributed by atoms with E-state index in [-0.39, 0.29) is 11.7 Å². The van der Waals surface area contributed by atoms with Crippen LogP contribution in [-0.4, -0.2) is 33.2 Å². The molecule has 0 radical (unpaired) electrons. The van der Waals surface area contributed by atoms with Crippen molar-refractivity contribution < 1.29 is 9.32 Å². The lowest BCUT2D eigenvalue weighted by atomic mass is 10.1. The molecule has 0 N–H and O–H groups in total. The zero-order valence-corrected chi connectivity index (χ0v) is 11.6. The molecule has 1 atom stereocenters. The number of carbonyl (C=O) groups is 1. The maximum Gasteiger partial charge on any atom is 0.238 e. The van der Waals surface area contributed by atoms with Gasteiger partial charge in [0.25, 0.3) is 0 Å². The topological polar surface area (TPSA) is 56.0 Å². The molecule has 4 nitrogen and oxygen atoms in total. The van der Waals surface area contributed by atoms with Gasteiger partial charge in [0.05, 0.1) is 11.5 Å². The summed E-state index contributed by atoms with van der Waals surface area (Å²) in [6.07, 6.45) is 0. The van der Waals surface area contributed by atoms with E-state index in [9.17, 15) is 4.79 Å². The first-order valence-electron chi connectivity index (χ1n) is 5.67. The predicted molar refractivity (Wildman–Crippen MR) is 70.4 cm³/mol. The second kappa shape index (κ2) is 5.91. The fourth-order valence-corrected chi connectivity index (χ4v) is 3.51. The third-order valence-corrected chi connectivity index (χ3v) is 4.80. The van der Waals surface area contributed by atoms with E-state index in [4.69, 9.17) is 4.52 Å². The number of thioether (sulfide) groups is 2. The van der Waals surface area contributed by atoms with Crippen molar-refractivity contribution in [2.75, 3.05) is 17.3 Å². The summed E-state index contributed by atoms with van der Waals surface area (Å²) in [5.41, 5.74) is 0. The van der Waals surface area contributed by atoms with E-state index in [1.807, 2.05) is 0 Å². The Balaban J connectivity index is 1.89. The summed E-state index contributed by atoms with van der Waals surface area (Å²) < 4.78 is 5.17. The standard InChI is InChI=1S/C11H16N2O2S2/c1-7(2)3-16-6-10-12-11(15-13-10)8-4-17-5-9(8)14/h7-8H,3-6H2,1-2H3. The molecule has 1 aliphatic heterocycles. The number of aromatic nitrogens is 2. The molecule has 1 saturated heterocycles. The monoisotopic (exact) mass is 272 g/mol. The second-order valence-corrected chi connectivity index (χ2v) is 6.55. The Bertz CT molecular complexity index is 393. The highest BCUT2D eigenvalue weighted by Crippen LogP contribution is 2.28. The molecular formula is C11H16N2O2S2. The molecule has 0 saturated carbocycles. The Labute approximate surface area is 109 Å². The van der Waals surface area contributed by atoms with Gasteiger partial charge in [-0.3, -0.25) is 4.79 Å². The maximum absolute atomic E-state index is 11.5. The van der Waals surface area contributed by atoms with Gasteiger partial charge in [0, 0.05) is 5.75 Å². The van der Waals surface area contributed by atoms with Crippen LogP contribution in [0.1, 0.15) is 31.5 Å². The van der Waals surface area contributed by atoms with Crippen LogP contribution >= 0.6 is 23.5 Å². The number of carbonyl (C=O) groups excluding carboxylic acids is 1. The van der Waals surface area contributed by atoms with E-state index < -0.39 is 0 Å². The number of hydrogen-bond donors (Lipinski definition) is 0. The van der Waals surface area contributed by atoms with Gasteiger partial charge in [-0.25, -0.2) is 0 Å². The summed E-state index contributed by atoms with van der Waals surface area (Å²) in [4.78, 5) is 15.8. The Morgan fingerprint density at radius 1 is 1.59 bits per heavy atom. The second-order valence-electron chi connectivity index (χ2n) is 4.49. The molecule has 17 heavy (non-hydrogen) atoms. The molecule has 2 rings (SSSR count). The number of rotatable bonds is 5. The van der Waals surface area contributed by atoms with Crippen molar-refractivity contribution in [3.63, 3.8) is 0 Å². The first-order chi connectivity index (χ1) is 8.16. The van der Waals surface area contributed by atoms with Crippen LogP contribution in [0.3, 0.4) is 0 Å². The molecule has 2 heterocycles.